The summed E-state index contributed by atoms with van der Waals surface area (Å²) in [7, 11) is 0. The van der Waals surface area contributed by atoms with Gasteiger partial charge < -0.3 is 10.1 Å². The molecule has 0 aromatic heterocycles. The Bertz CT molecular complexity index is 664. The Hall–Kier alpha value is -2.17. The molecule has 1 amide bonds. The van der Waals surface area contributed by atoms with Crippen LogP contribution in [-0.4, -0.2) is 37.1 Å². The molecule has 2 aromatic carbocycles. The first kappa shape index (κ1) is 17.6. The highest BCUT2D eigenvalue weighted by atomic mass is 16.5. The maximum absolute atomic E-state index is 12.6. The highest BCUT2D eigenvalue weighted by Crippen LogP contribution is 2.17. The number of morpholine rings is 1. The molecule has 1 heterocycles. The third-order valence-electron chi connectivity index (χ3n) is 4.64. The van der Waals surface area contributed by atoms with Gasteiger partial charge in [-0.2, -0.15) is 0 Å². The molecule has 1 aliphatic heterocycles. The average molecular weight is 338 g/mol. The quantitative estimate of drug-likeness (QED) is 0.878. The van der Waals surface area contributed by atoms with Crippen molar-refractivity contribution in [2.45, 2.75) is 25.9 Å². The van der Waals surface area contributed by atoms with Crippen LogP contribution < -0.4 is 5.32 Å². The van der Waals surface area contributed by atoms with E-state index in [2.05, 4.69) is 29.3 Å². The molecule has 0 saturated carbocycles. The van der Waals surface area contributed by atoms with Gasteiger partial charge in [-0.25, -0.2) is 0 Å². The monoisotopic (exact) mass is 338 g/mol. The minimum Gasteiger partial charge on any atom is -0.379 e. The Balaban J connectivity index is 1.60. The van der Waals surface area contributed by atoms with Gasteiger partial charge in [-0.15, -0.1) is 0 Å². The first-order chi connectivity index (χ1) is 12.3. The molecule has 1 N–H and O–H groups in total. The van der Waals surface area contributed by atoms with Gasteiger partial charge in [0.05, 0.1) is 19.3 Å². The molecule has 0 radical (unpaired) electrons. The van der Waals surface area contributed by atoms with Crippen molar-refractivity contribution in [3.05, 3.63) is 71.3 Å². The van der Waals surface area contributed by atoms with Crippen molar-refractivity contribution in [2.75, 3.05) is 26.3 Å². The number of ether oxygens (including phenoxy) is 1. The molecular formula is C21H26N2O2. The van der Waals surface area contributed by atoms with Crippen LogP contribution in [0.5, 0.6) is 0 Å². The number of nitrogens with zero attached hydrogens (tertiary/aromatic N) is 1. The fraction of sp³-hybridized carbons (Fsp3) is 0.381. The van der Waals surface area contributed by atoms with E-state index in [0.29, 0.717) is 5.56 Å². The van der Waals surface area contributed by atoms with Crippen molar-refractivity contribution in [2.24, 2.45) is 0 Å². The van der Waals surface area contributed by atoms with E-state index in [4.69, 9.17) is 4.74 Å². The SMILES string of the molecule is CC[C@H](NC(=O)c1ccc(CN2CCOCC2)cc1)c1ccccc1. The lowest BCUT2D eigenvalue weighted by Gasteiger charge is -2.26. The zero-order valence-electron chi connectivity index (χ0n) is 14.8. The zero-order chi connectivity index (χ0) is 17.5. The zero-order valence-corrected chi connectivity index (χ0v) is 14.8. The summed E-state index contributed by atoms with van der Waals surface area (Å²) in [6.07, 6.45) is 0.866. The molecule has 25 heavy (non-hydrogen) atoms. The molecule has 0 unspecified atom stereocenters. The van der Waals surface area contributed by atoms with Crippen LogP contribution in [0.1, 0.15) is 40.9 Å². The van der Waals surface area contributed by atoms with E-state index in [1.54, 1.807) is 0 Å². The lowest BCUT2D eigenvalue weighted by Crippen LogP contribution is -2.35. The fourth-order valence-corrected chi connectivity index (χ4v) is 3.13. The van der Waals surface area contributed by atoms with Crippen molar-refractivity contribution in [1.29, 1.82) is 0 Å². The predicted molar refractivity (Wildman–Crippen MR) is 99.5 cm³/mol. The number of amides is 1. The van der Waals surface area contributed by atoms with Gasteiger partial charge in [0.2, 0.25) is 0 Å². The molecule has 132 valence electrons. The maximum atomic E-state index is 12.6. The number of benzene rings is 2. The van der Waals surface area contributed by atoms with Crippen LogP contribution >= 0.6 is 0 Å². The summed E-state index contributed by atoms with van der Waals surface area (Å²) in [5.74, 6) is -0.0198. The van der Waals surface area contributed by atoms with E-state index >= 15 is 0 Å². The first-order valence-electron chi connectivity index (χ1n) is 9.01. The van der Waals surface area contributed by atoms with Gasteiger partial charge in [0.25, 0.3) is 5.91 Å². The molecule has 1 aliphatic rings. The highest BCUT2D eigenvalue weighted by molar-refractivity contribution is 5.94. The topological polar surface area (TPSA) is 41.6 Å². The predicted octanol–water partition coefficient (Wildman–Crippen LogP) is 3.40. The average Bonchev–Trinajstić information content (AvgIpc) is 2.68. The minimum absolute atomic E-state index is 0.0198. The van der Waals surface area contributed by atoms with Crippen LogP contribution in [0.25, 0.3) is 0 Å². The molecule has 3 rings (SSSR count). The van der Waals surface area contributed by atoms with Gasteiger partial charge >= 0.3 is 0 Å². The number of rotatable bonds is 6. The smallest absolute Gasteiger partial charge is 0.251 e. The van der Waals surface area contributed by atoms with Gasteiger partial charge in [0.15, 0.2) is 0 Å². The molecule has 0 bridgehead atoms. The first-order valence-corrected chi connectivity index (χ1v) is 9.01. The van der Waals surface area contributed by atoms with Crippen molar-refractivity contribution in [1.82, 2.24) is 10.2 Å². The Morgan fingerprint density at radius 1 is 1.08 bits per heavy atom. The van der Waals surface area contributed by atoms with E-state index in [1.165, 1.54) is 5.56 Å². The van der Waals surface area contributed by atoms with Crippen molar-refractivity contribution in [3.8, 4) is 0 Å². The third-order valence-corrected chi connectivity index (χ3v) is 4.64. The Morgan fingerprint density at radius 3 is 2.40 bits per heavy atom. The largest absolute Gasteiger partial charge is 0.379 e. The summed E-state index contributed by atoms with van der Waals surface area (Å²) in [5, 5.41) is 3.13. The lowest BCUT2D eigenvalue weighted by molar-refractivity contribution is 0.0342. The van der Waals surface area contributed by atoms with Crippen molar-refractivity contribution < 1.29 is 9.53 Å². The summed E-state index contributed by atoms with van der Waals surface area (Å²) in [6.45, 7) is 6.54. The minimum atomic E-state index is -0.0198. The van der Waals surface area contributed by atoms with E-state index in [9.17, 15) is 4.79 Å². The summed E-state index contributed by atoms with van der Waals surface area (Å²) in [5.41, 5.74) is 3.08. The van der Waals surface area contributed by atoms with Crippen LogP contribution in [-0.2, 0) is 11.3 Å². The second-order valence-electron chi connectivity index (χ2n) is 6.43. The Morgan fingerprint density at radius 2 is 1.76 bits per heavy atom. The molecule has 1 atom stereocenters. The van der Waals surface area contributed by atoms with Gasteiger partial charge in [-0.1, -0.05) is 49.4 Å². The fourth-order valence-electron chi connectivity index (χ4n) is 3.13. The van der Waals surface area contributed by atoms with Crippen LogP contribution in [0, 0.1) is 0 Å². The summed E-state index contributed by atoms with van der Waals surface area (Å²) in [6, 6.07) is 18.1. The molecular weight excluding hydrogens is 312 g/mol. The Labute approximate surface area is 149 Å². The molecule has 1 saturated heterocycles. The highest BCUT2D eigenvalue weighted by Gasteiger charge is 2.14. The number of carbonyl (C=O) groups is 1. The number of carbonyl (C=O) groups excluding carboxylic acids is 1. The molecule has 0 aliphatic carbocycles. The normalized spacial score (nSPS) is 16.4. The van der Waals surface area contributed by atoms with Gasteiger partial charge in [-0.3, -0.25) is 9.69 Å². The molecule has 0 spiro atoms. The van der Waals surface area contributed by atoms with Crippen molar-refractivity contribution >= 4 is 5.91 Å². The molecule has 1 fully saturated rings. The Kier molecular flexibility index (Phi) is 6.20. The standard InChI is InChI=1S/C21H26N2O2/c1-2-20(18-6-4-3-5-7-18)22-21(24)19-10-8-17(9-11-19)16-23-12-14-25-15-13-23/h3-11,20H,2,12-16H2,1H3,(H,22,24)/t20-/m0/s1. The van der Waals surface area contributed by atoms with E-state index < -0.39 is 0 Å². The second-order valence-corrected chi connectivity index (χ2v) is 6.43. The summed E-state index contributed by atoms with van der Waals surface area (Å²) in [4.78, 5) is 14.9. The number of hydrogen-bond donors (Lipinski definition) is 1. The van der Waals surface area contributed by atoms with Gasteiger partial charge in [0.1, 0.15) is 0 Å². The lowest BCUT2D eigenvalue weighted by atomic mass is 10.0. The number of hydrogen-bond acceptors (Lipinski definition) is 3. The molecule has 4 nitrogen and oxygen atoms in total. The van der Waals surface area contributed by atoms with Crippen LogP contribution in [0.15, 0.2) is 54.6 Å². The van der Waals surface area contributed by atoms with E-state index in [1.807, 2.05) is 42.5 Å². The van der Waals surface area contributed by atoms with E-state index in [-0.39, 0.29) is 11.9 Å². The van der Waals surface area contributed by atoms with Crippen LogP contribution in [0.3, 0.4) is 0 Å². The van der Waals surface area contributed by atoms with Crippen molar-refractivity contribution in [3.63, 3.8) is 0 Å². The van der Waals surface area contributed by atoms with E-state index in [0.717, 1.165) is 44.8 Å². The third kappa shape index (κ3) is 4.91. The molecule has 2 aromatic rings. The summed E-state index contributed by atoms with van der Waals surface area (Å²) >= 11 is 0. The summed E-state index contributed by atoms with van der Waals surface area (Å²) < 4.78 is 5.38. The maximum Gasteiger partial charge on any atom is 0.251 e. The van der Waals surface area contributed by atoms with Crippen LogP contribution in [0.2, 0.25) is 0 Å². The van der Waals surface area contributed by atoms with Gasteiger partial charge in [-0.05, 0) is 29.7 Å². The molecule has 4 heteroatoms. The van der Waals surface area contributed by atoms with Crippen LogP contribution in [0.4, 0.5) is 0 Å². The second kappa shape index (κ2) is 8.79. The van der Waals surface area contributed by atoms with Gasteiger partial charge in [0, 0.05) is 25.2 Å². The number of nitrogens with one attached hydrogen (secondary N) is 1.